The molecule has 4 heteroatoms. The lowest BCUT2D eigenvalue weighted by Gasteiger charge is -2.20. The fourth-order valence-electron chi connectivity index (χ4n) is 1.11. The number of carbonyl (C=O) groups is 1. The first-order valence-electron chi connectivity index (χ1n) is 3.79. The third-order valence-electron chi connectivity index (χ3n) is 1.67. The standard InChI is InChI=1S/C7H13NO3/c1-10-8-7(9)6-4-2-3-5-11-6/h6H,2-5H2,1H3,(H,8,9). The molecule has 1 rings (SSSR count). The summed E-state index contributed by atoms with van der Waals surface area (Å²) in [6.07, 6.45) is 2.61. The van der Waals surface area contributed by atoms with E-state index < -0.39 is 0 Å². The van der Waals surface area contributed by atoms with Gasteiger partial charge in [-0.05, 0) is 19.3 Å². The largest absolute Gasteiger partial charge is 0.368 e. The highest BCUT2D eigenvalue weighted by atomic mass is 16.6. The van der Waals surface area contributed by atoms with Gasteiger partial charge in [0.05, 0.1) is 7.11 Å². The van der Waals surface area contributed by atoms with E-state index in [0.29, 0.717) is 6.61 Å². The van der Waals surface area contributed by atoms with Crippen LogP contribution < -0.4 is 5.48 Å². The van der Waals surface area contributed by atoms with Crippen LogP contribution in [0.15, 0.2) is 0 Å². The minimum atomic E-state index is -0.302. The third-order valence-corrected chi connectivity index (χ3v) is 1.67. The molecule has 1 unspecified atom stereocenters. The minimum absolute atomic E-state index is 0.174. The van der Waals surface area contributed by atoms with Crippen molar-refractivity contribution < 1.29 is 14.4 Å². The SMILES string of the molecule is CONC(=O)C1CCCCO1. The molecule has 11 heavy (non-hydrogen) atoms. The molecule has 64 valence electrons. The molecular weight excluding hydrogens is 146 g/mol. The lowest BCUT2D eigenvalue weighted by Crippen LogP contribution is -2.37. The summed E-state index contributed by atoms with van der Waals surface area (Å²) in [6.45, 7) is 0.682. The average Bonchev–Trinajstić information content (AvgIpc) is 2.07. The van der Waals surface area contributed by atoms with Gasteiger partial charge in [-0.1, -0.05) is 0 Å². The van der Waals surface area contributed by atoms with Gasteiger partial charge in [-0.3, -0.25) is 9.63 Å². The molecule has 4 nitrogen and oxygen atoms in total. The van der Waals surface area contributed by atoms with E-state index in [9.17, 15) is 4.79 Å². The van der Waals surface area contributed by atoms with Crippen LogP contribution >= 0.6 is 0 Å². The van der Waals surface area contributed by atoms with E-state index in [0.717, 1.165) is 19.3 Å². The van der Waals surface area contributed by atoms with E-state index in [4.69, 9.17) is 4.74 Å². The number of hydrogen-bond acceptors (Lipinski definition) is 3. The van der Waals surface area contributed by atoms with E-state index >= 15 is 0 Å². The minimum Gasteiger partial charge on any atom is -0.368 e. The number of carbonyl (C=O) groups excluding carboxylic acids is 1. The Morgan fingerprint density at radius 3 is 3.00 bits per heavy atom. The van der Waals surface area contributed by atoms with Crippen molar-refractivity contribution in [3.05, 3.63) is 0 Å². The number of amides is 1. The number of hydroxylamine groups is 1. The molecule has 1 heterocycles. The molecule has 0 spiro atoms. The first kappa shape index (κ1) is 8.49. The zero-order valence-corrected chi connectivity index (χ0v) is 6.63. The Morgan fingerprint density at radius 1 is 1.64 bits per heavy atom. The molecule has 1 N–H and O–H groups in total. The molecule has 0 aliphatic carbocycles. The molecule has 1 fully saturated rings. The quantitative estimate of drug-likeness (QED) is 0.587. The molecule has 0 aromatic heterocycles. The van der Waals surface area contributed by atoms with Gasteiger partial charge in [0, 0.05) is 6.61 Å². The first-order chi connectivity index (χ1) is 5.34. The molecule has 1 aliphatic heterocycles. The lowest BCUT2D eigenvalue weighted by molar-refractivity contribution is -0.146. The highest BCUT2D eigenvalue weighted by Gasteiger charge is 2.21. The van der Waals surface area contributed by atoms with Crippen LogP contribution in [0.5, 0.6) is 0 Å². The van der Waals surface area contributed by atoms with E-state index in [1.165, 1.54) is 7.11 Å². The second-order valence-electron chi connectivity index (χ2n) is 2.53. The smallest absolute Gasteiger partial charge is 0.272 e. The van der Waals surface area contributed by atoms with Crippen molar-refractivity contribution >= 4 is 5.91 Å². The Bertz CT molecular complexity index is 132. The number of ether oxygens (including phenoxy) is 1. The lowest BCUT2D eigenvalue weighted by atomic mass is 10.1. The fraction of sp³-hybridized carbons (Fsp3) is 0.857. The van der Waals surface area contributed by atoms with Gasteiger partial charge in [-0.2, -0.15) is 0 Å². The van der Waals surface area contributed by atoms with Crippen molar-refractivity contribution in [1.82, 2.24) is 5.48 Å². The van der Waals surface area contributed by atoms with Crippen LogP contribution in [0.25, 0.3) is 0 Å². The van der Waals surface area contributed by atoms with Gasteiger partial charge in [-0.15, -0.1) is 0 Å². The molecular formula is C7H13NO3. The number of rotatable bonds is 2. The third kappa shape index (κ3) is 2.48. The van der Waals surface area contributed by atoms with Crippen molar-refractivity contribution in [2.75, 3.05) is 13.7 Å². The van der Waals surface area contributed by atoms with Crippen LogP contribution in [0.4, 0.5) is 0 Å². The maximum atomic E-state index is 11.0. The second kappa shape index (κ2) is 4.31. The molecule has 0 bridgehead atoms. The van der Waals surface area contributed by atoms with Crippen molar-refractivity contribution in [1.29, 1.82) is 0 Å². The molecule has 1 saturated heterocycles. The zero-order valence-electron chi connectivity index (χ0n) is 6.63. The zero-order chi connectivity index (χ0) is 8.10. The van der Waals surface area contributed by atoms with E-state index in [-0.39, 0.29) is 12.0 Å². The van der Waals surface area contributed by atoms with Gasteiger partial charge in [0.15, 0.2) is 0 Å². The summed E-state index contributed by atoms with van der Waals surface area (Å²) in [5, 5.41) is 0. The van der Waals surface area contributed by atoms with E-state index in [1.54, 1.807) is 0 Å². The molecule has 0 aromatic rings. The maximum Gasteiger partial charge on any atom is 0.272 e. The van der Waals surface area contributed by atoms with Gasteiger partial charge in [0.1, 0.15) is 6.10 Å². The van der Waals surface area contributed by atoms with Crippen molar-refractivity contribution in [3.63, 3.8) is 0 Å². The summed E-state index contributed by atoms with van der Waals surface area (Å²) in [6, 6.07) is 0. The predicted molar refractivity (Wildman–Crippen MR) is 38.7 cm³/mol. The van der Waals surface area contributed by atoms with Crippen molar-refractivity contribution in [2.45, 2.75) is 25.4 Å². The second-order valence-corrected chi connectivity index (χ2v) is 2.53. The Labute approximate surface area is 65.8 Å². The van der Waals surface area contributed by atoms with Crippen LogP contribution in [0.1, 0.15) is 19.3 Å². The maximum absolute atomic E-state index is 11.0. The summed E-state index contributed by atoms with van der Waals surface area (Å²) < 4.78 is 5.20. The van der Waals surface area contributed by atoms with E-state index in [2.05, 4.69) is 10.3 Å². The van der Waals surface area contributed by atoms with Crippen LogP contribution in [0.2, 0.25) is 0 Å². The highest BCUT2D eigenvalue weighted by Crippen LogP contribution is 2.12. The Balaban J connectivity index is 2.27. The average molecular weight is 159 g/mol. The fourth-order valence-corrected chi connectivity index (χ4v) is 1.11. The Hall–Kier alpha value is -0.610. The van der Waals surface area contributed by atoms with Crippen molar-refractivity contribution in [2.24, 2.45) is 0 Å². The number of nitrogens with one attached hydrogen (secondary N) is 1. The molecule has 1 amide bonds. The van der Waals surface area contributed by atoms with Gasteiger partial charge in [-0.25, -0.2) is 5.48 Å². The van der Waals surface area contributed by atoms with Gasteiger partial charge in [0.25, 0.3) is 5.91 Å². The van der Waals surface area contributed by atoms with Crippen molar-refractivity contribution in [3.8, 4) is 0 Å². The molecule has 1 aliphatic rings. The van der Waals surface area contributed by atoms with Crippen LogP contribution in [0.3, 0.4) is 0 Å². The molecule has 0 saturated carbocycles. The normalized spacial score (nSPS) is 24.6. The first-order valence-corrected chi connectivity index (χ1v) is 3.79. The highest BCUT2D eigenvalue weighted by molar-refractivity contribution is 5.79. The Morgan fingerprint density at radius 2 is 2.45 bits per heavy atom. The summed E-state index contributed by atoms with van der Waals surface area (Å²) in [7, 11) is 1.42. The monoisotopic (exact) mass is 159 g/mol. The topological polar surface area (TPSA) is 47.6 Å². The van der Waals surface area contributed by atoms with Gasteiger partial charge in [0.2, 0.25) is 0 Å². The predicted octanol–water partition coefficient (Wildman–Crippen LogP) is 0.233. The van der Waals surface area contributed by atoms with E-state index in [1.807, 2.05) is 0 Å². The molecule has 1 atom stereocenters. The Kier molecular flexibility index (Phi) is 3.32. The van der Waals surface area contributed by atoms with Crippen LogP contribution in [-0.4, -0.2) is 25.7 Å². The number of hydrogen-bond donors (Lipinski definition) is 1. The summed E-state index contributed by atoms with van der Waals surface area (Å²) in [4.78, 5) is 15.5. The summed E-state index contributed by atoms with van der Waals surface area (Å²) in [5.74, 6) is -0.174. The van der Waals surface area contributed by atoms with Gasteiger partial charge >= 0.3 is 0 Å². The van der Waals surface area contributed by atoms with Crippen LogP contribution in [-0.2, 0) is 14.4 Å². The van der Waals surface area contributed by atoms with Gasteiger partial charge < -0.3 is 4.74 Å². The molecule has 0 radical (unpaired) electrons. The van der Waals surface area contributed by atoms with Crippen LogP contribution in [0, 0.1) is 0 Å². The molecule has 0 aromatic carbocycles. The summed E-state index contributed by atoms with van der Waals surface area (Å²) >= 11 is 0. The summed E-state index contributed by atoms with van der Waals surface area (Å²) in [5.41, 5.74) is 2.25.